The highest BCUT2D eigenvalue weighted by molar-refractivity contribution is 5.87. The molecule has 0 aliphatic rings. The first kappa shape index (κ1) is 20.3. The van der Waals surface area contributed by atoms with Crippen LogP contribution in [-0.2, 0) is 11.3 Å². The molecule has 0 unspecified atom stereocenters. The summed E-state index contributed by atoms with van der Waals surface area (Å²) in [6.07, 6.45) is 1.81. The average molecular weight is 390 g/mol. The van der Waals surface area contributed by atoms with Crippen LogP contribution < -0.4 is 31.2 Å². The molecule has 0 radical (unpaired) electrons. The van der Waals surface area contributed by atoms with Crippen LogP contribution in [0.4, 0.5) is 0 Å². The van der Waals surface area contributed by atoms with E-state index in [2.05, 4.69) is 0 Å². The first-order valence-corrected chi connectivity index (χ1v) is 8.01. The van der Waals surface area contributed by atoms with E-state index in [1.165, 1.54) is 0 Å². The fourth-order valence-electron chi connectivity index (χ4n) is 2.90. The monoisotopic (exact) mass is 389 g/mol. The van der Waals surface area contributed by atoms with Gasteiger partial charge in [0.2, 0.25) is 12.2 Å². The van der Waals surface area contributed by atoms with Gasteiger partial charge in [0.1, 0.15) is 5.75 Å². The van der Waals surface area contributed by atoms with E-state index in [1.807, 2.05) is 48.7 Å². The fraction of sp³-hybridized carbons (Fsp3) is 0.200. The Morgan fingerprint density at radius 1 is 0.926 bits per heavy atom. The summed E-state index contributed by atoms with van der Waals surface area (Å²) >= 11 is 0. The lowest BCUT2D eigenvalue weighted by molar-refractivity contribution is -0.673. The van der Waals surface area contributed by atoms with Crippen molar-refractivity contribution in [3.05, 3.63) is 48.7 Å². The number of hydrogen-bond acceptors (Lipinski definition) is 4. The molecule has 1 N–H and O–H groups in total. The van der Waals surface area contributed by atoms with E-state index >= 15 is 0 Å². The summed E-state index contributed by atoms with van der Waals surface area (Å²) < 4.78 is 17.6. The zero-order chi connectivity index (χ0) is 18.7. The minimum Gasteiger partial charge on any atom is -1.00 e. The first-order chi connectivity index (χ1) is 12.5. The third kappa shape index (κ3) is 4.23. The second-order valence-electron chi connectivity index (χ2n) is 5.74. The van der Waals surface area contributed by atoms with Gasteiger partial charge in [0.25, 0.3) is 0 Å². The van der Waals surface area contributed by atoms with Crippen molar-refractivity contribution in [3.63, 3.8) is 0 Å². The number of benzene rings is 2. The first-order valence-electron chi connectivity index (χ1n) is 8.01. The van der Waals surface area contributed by atoms with Crippen molar-refractivity contribution >= 4 is 16.7 Å². The van der Waals surface area contributed by atoms with Crippen LogP contribution >= 0.6 is 0 Å². The van der Waals surface area contributed by atoms with Crippen LogP contribution in [0.25, 0.3) is 22.0 Å². The molecular weight excluding hydrogens is 370 g/mol. The Kier molecular flexibility index (Phi) is 6.47. The zero-order valence-corrected chi connectivity index (χ0v) is 16.0. The van der Waals surface area contributed by atoms with Crippen LogP contribution in [0, 0.1) is 0 Å². The number of nitrogens with zero attached hydrogens (tertiary/aromatic N) is 1. The molecule has 3 rings (SSSR count). The van der Waals surface area contributed by atoms with Gasteiger partial charge in [-0.1, -0.05) is 0 Å². The number of carboxylic acid groups (broad SMARTS) is 1. The molecule has 0 atom stereocenters. The number of ether oxygens (including phenoxy) is 3. The lowest BCUT2D eigenvalue weighted by atomic mass is 10.1. The van der Waals surface area contributed by atoms with E-state index in [9.17, 15) is 9.90 Å². The van der Waals surface area contributed by atoms with Crippen LogP contribution in [-0.4, -0.2) is 32.4 Å². The molecule has 6 nitrogen and oxygen atoms in total. The van der Waals surface area contributed by atoms with Crippen LogP contribution in [0.15, 0.2) is 48.7 Å². The molecule has 1 heterocycles. The summed E-state index contributed by atoms with van der Waals surface area (Å²) in [7, 11) is 4.76. The largest absolute Gasteiger partial charge is 1.00 e. The highest BCUT2D eigenvalue weighted by Crippen LogP contribution is 2.33. The van der Waals surface area contributed by atoms with Crippen molar-refractivity contribution < 1.29 is 41.1 Å². The summed E-state index contributed by atoms with van der Waals surface area (Å²) in [6.45, 7) is -0.147. The third-order valence-corrected chi connectivity index (χ3v) is 4.18. The predicted octanol–water partition coefficient (Wildman–Crippen LogP) is -0.0913. The Hall–Kier alpha value is -2.99. The maximum Gasteiger partial charge on any atom is 0.370 e. The number of methoxy groups -OCH3 is 3. The van der Waals surface area contributed by atoms with Gasteiger partial charge in [-0.2, -0.15) is 4.57 Å². The van der Waals surface area contributed by atoms with Gasteiger partial charge in [-0.15, -0.1) is 0 Å². The van der Waals surface area contributed by atoms with Crippen LogP contribution in [0.1, 0.15) is 0 Å². The number of fused-ring (bicyclic) bond motifs is 1. The molecule has 3 aromatic rings. The van der Waals surface area contributed by atoms with E-state index in [0.29, 0.717) is 11.5 Å². The van der Waals surface area contributed by atoms with Crippen molar-refractivity contribution in [2.45, 2.75) is 6.54 Å². The van der Waals surface area contributed by atoms with Crippen molar-refractivity contribution in [1.29, 1.82) is 0 Å². The highest BCUT2D eigenvalue weighted by Gasteiger charge is 2.19. The molecule has 0 spiro atoms. The van der Waals surface area contributed by atoms with Gasteiger partial charge in [0.15, 0.2) is 17.7 Å². The van der Waals surface area contributed by atoms with Gasteiger partial charge in [-0.3, -0.25) is 0 Å². The number of rotatable bonds is 6. The molecule has 0 saturated carbocycles. The highest BCUT2D eigenvalue weighted by atomic mass is 35.5. The number of aliphatic carboxylic acids is 1. The van der Waals surface area contributed by atoms with Gasteiger partial charge < -0.3 is 31.7 Å². The van der Waals surface area contributed by atoms with Crippen LogP contribution in [0.3, 0.4) is 0 Å². The Bertz CT molecular complexity index is 957. The van der Waals surface area contributed by atoms with Gasteiger partial charge in [-0.25, -0.2) is 4.79 Å². The van der Waals surface area contributed by atoms with Crippen LogP contribution in [0.2, 0.25) is 0 Å². The zero-order valence-electron chi connectivity index (χ0n) is 15.2. The predicted molar refractivity (Wildman–Crippen MR) is 96.9 cm³/mol. The third-order valence-electron chi connectivity index (χ3n) is 4.18. The molecule has 0 bridgehead atoms. The van der Waals surface area contributed by atoms with E-state index < -0.39 is 5.97 Å². The number of carboxylic acids is 1. The van der Waals surface area contributed by atoms with Crippen molar-refractivity contribution in [2.75, 3.05) is 21.3 Å². The Morgan fingerprint density at radius 2 is 1.52 bits per heavy atom. The number of halogens is 1. The lowest BCUT2D eigenvalue weighted by Gasteiger charge is -2.10. The summed E-state index contributed by atoms with van der Waals surface area (Å²) in [4.78, 5) is 11.3. The Balaban J connectivity index is 0.00000261. The van der Waals surface area contributed by atoms with E-state index in [4.69, 9.17) is 14.2 Å². The molecule has 142 valence electrons. The molecule has 0 saturated heterocycles. The SMILES string of the molecule is COc1ccc(-c2cc3cc(OC)c(OC)cc3c[n+]2CC(=O)O)cc1.[Cl-]. The summed E-state index contributed by atoms with van der Waals surface area (Å²) in [5.74, 6) is 1.05. The van der Waals surface area contributed by atoms with Gasteiger partial charge in [-0.05, 0) is 41.8 Å². The number of carbonyl (C=O) groups is 1. The van der Waals surface area contributed by atoms with E-state index in [0.717, 1.165) is 27.8 Å². The minimum absolute atomic E-state index is 0. The molecular formula is C20H20ClNO5. The smallest absolute Gasteiger partial charge is 0.370 e. The van der Waals surface area contributed by atoms with E-state index in [-0.39, 0.29) is 19.0 Å². The molecule has 0 aliphatic carbocycles. The van der Waals surface area contributed by atoms with Gasteiger partial charge in [0.05, 0.1) is 21.3 Å². The van der Waals surface area contributed by atoms with Crippen LogP contribution in [0.5, 0.6) is 17.2 Å². The fourth-order valence-corrected chi connectivity index (χ4v) is 2.90. The van der Waals surface area contributed by atoms with Crippen molar-refractivity contribution in [3.8, 4) is 28.5 Å². The molecule has 7 heteroatoms. The average Bonchev–Trinajstić information content (AvgIpc) is 2.66. The molecule has 0 amide bonds. The standard InChI is InChI=1S/C20H19NO5.ClH/c1-24-16-6-4-13(5-7-16)17-8-14-9-18(25-2)19(26-3)10-15(14)11-21(17)12-20(22)23;/h4-11H,12H2,1-3H3;1H. The number of pyridine rings is 1. The molecule has 0 fully saturated rings. The summed E-state index contributed by atoms with van der Waals surface area (Å²) in [6, 6.07) is 13.2. The lowest BCUT2D eigenvalue weighted by Crippen LogP contribution is -3.00. The molecule has 2 aromatic carbocycles. The molecule has 0 aliphatic heterocycles. The Labute approximate surface area is 163 Å². The quantitative estimate of drug-likeness (QED) is 0.597. The summed E-state index contributed by atoms with van der Waals surface area (Å²) in [5.41, 5.74) is 1.68. The second-order valence-corrected chi connectivity index (χ2v) is 5.74. The van der Waals surface area contributed by atoms with Crippen molar-refractivity contribution in [2.24, 2.45) is 0 Å². The normalized spacial score (nSPS) is 10.2. The van der Waals surface area contributed by atoms with E-state index in [1.54, 1.807) is 25.9 Å². The Morgan fingerprint density at radius 3 is 2.04 bits per heavy atom. The molecule has 27 heavy (non-hydrogen) atoms. The summed E-state index contributed by atoms with van der Waals surface area (Å²) in [5, 5.41) is 11.1. The van der Waals surface area contributed by atoms with Gasteiger partial charge in [0, 0.05) is 17.0 Å². The number of hydrogen-bond donors (Lipinski definition) is 1. The molecule has 1 aromatic heterocycles. The second kappa shape index (κ2) is 8.60. The minimum atomic E-state index is -0.912. The topological polar surface area (TPSA) is 68.9 Å². The number of aromatic nitrogens is 1. The maximum absolute atomic E-state index is 11.3. The maximum atomic E-state index is 11.3. The van der Waals surface area contributed by atoms with Crippen molar-refractivity contribution in [1.82, 2.24) is 0 Å². The van der Waals surface area contributed by atoms with Gasteiger partial charge >= 0.3 is 5.97 Å².